The number of aromatic nitrogens is 3. The first-order valence-electron chi connectivity index (χ1n) is 12.0. The summed E-state index contributed by atoms with van der Waals surface area (Å²) in [5.41, 5.74) is 3.48. The number of carbonyl (C=O) groups is 1. The number of methoxy groups -OCH3 is 1. The lowest BCUT2D eigenvalue weighted by atomic mass is 10.1. The Balaban J connectivity index is 1.54. The molecule has 0 aliphatic carbocycles. The van der Waals surface area contributed by atoms with E-state index >= 15 is 0 Å². The molecule has 3 aromatic heterocycles. The first kappa shape index (κ1) is 24.3. The highest BCUT2D eigenvalue weighted by Crippen LogP contribution is 2.29. The summed E-state index contributed by atoms with van der Waals surface area (Å²) in [5, 5.41) is 7.65. The molecule has 0 bridgehead atoms. The van der Waals surface area contributed by atoms with Crippen LogP contribution in [-0.4, -0.2) is 33.2 Å². The van der Waals surface area contributed by atoms with Crippen molar-refractivity contribution >= 4 is 11.6 Å². The van der Waals surface area contributed by atoms with E-state index in [2.05, 4.69) is 15.0 Å². The first-order valence-corrected chi connectivity index (χ1v) is 12.0. The van der Waals surface area contributed by atoms with Crippen LogP contribution in [-0.2, 0) is 24.2 Å². The smallest absolute Gasteiger partial charge is 0.277 e. The highest BCUT2D eigenvalue weighted by Gasteiger charge is 2.19. The van der Waals surface area contributed by atoms with Gasteiger partial charge < -0.3 is 19.0 Å². The van der Waals surface area contributed by atoms with Crippen LogP contribution in [0, 0.1) is 6.92 Å². The van der Waals surface area contributed by atoms with Crippen LogP contribution in [0.5, 0.6) is 5.75 Å². The van der Waals surface area contributed by atoms with E-state index in [0.717, 1.165) is 35.5 Å². The Labute approximate surface area is 204 Å². The molecule has 0 radical (unpaired) electrons. The minimum Gasteiger partial charge on any atom is -0.496 e. The zero-order valence-electron chi connectivity index (χ0n) is 20.7. The summed E-state index contributed by atoms with van der Waals surface area (Å²) in [4.78, 5) is 26.0. The van der Waals surface area contributed by atoms with Crippen LogP contribution in [0.15, 0.2) is 57.9 Å². The Kier molecular flexibility index (Phi) is 7.39. The van der Waals surface area contributed by atoms with Crippen molar-refractivity contribution in [3.05, 3.63) is 76.1 Å². The molecule has 35 heavy (non-hydrogen) atoms. The van der Waals surface area contributed by atoms with Crippen molar-refractivity contribution in [1.82, 2.24) is 19.5 Å². The second kappa shape index (κ2) is 10.6. The topological polar surface area (TPSA) is 90.8 Å². The number of aryl methyl sites for hydroxylation is 2. The van der Waals surface area contributed by atoms with E-state index in [9.17, 15) is 9.59 Å². The van der Waals surface area contributed by atoms with Gasteiger partial charge in [-0.3, -0.25) is 9.59 Å². The molecule has 1 atom stereocenters. The van der Waals surface area contributed by atoms with Crippen LogP contribution in [0.3, 0.4) is 0 Å². The largest absolute Gasteiger partial charge is 0.496 e. The van der Waals surface area contributed by atoms with E-state index in [1.807, 2.05) is 63.2 Å². The number of ether oxygens (including phenoxy) is 1. The number of carbonyl (C=O) groups excluding carboxylic acids is 1. The molecule has 1 amide bonds. The van der Waals surface area contributed by atoms with Gasteiger partial charge in [0.15, 0.2) is 0 Å². The normalized spacial score (nSPS) is 12.1. The molecule has 1 N–H and O–H groups in total. The van der Waals surface area contributed by atoms with Gasteiger partial charge >= 0.3 is 0 Å². The number of nitrogens with zero attached hydrogens (tertiary/aromatic N) is 3. The molecule has 4 aromatic rings. The summed E-state index contributed by atoms with van der Waals surface area (Å²) < 4.78 is 14.3. The van der Waals surface area contributed by atoms with Crippen LogP contribution < -0.4 is 15.6 Å². The Morgan fingerprint density at radius 3 is 2.71 bits per heavy atom. The maximum atomic E-state index is 13.4. The Hall–Kier alpha value is -3.81. The summed E-state index contributed by atoms with van der Waals surface area (Å²) in [6.07, 6.45) is 3.78. The number of benzene rings is 1. The van der Waals surface area contributed by atoms with Crippen LogP contribution in [0.2, 0.25) is 0 Å². The highest BCUT2D eigenvalue weighted by atomic mass is 16.5. The van der Waals surface area contributed by atoms with Crippen LogP contribution in [0.25, 0.3) is 16.9 Å². The van der Waals surface area contributed by atoms with Gasteiger partial charge in [0.2, 0.25) is 5.91 Å². The average Bonchev–Trinajstić information content (AvgIpc) is 3.53. The van der Waals surface area contributed by atoms with Gasteiger partial charge in [-0.05, 0) is 57.9 Å². The number of nitrogens with one attached hydrogen (secondary N) is 1. The van der Waals surface area contributed by atoms with Crippen molar-refractivity contribution in [1.29, 1.82) is 0 Å². The molecule has 1 aromatic carbocycles. The predicted molar refractivity (Wildman–Crippen MR) is 135 cm³/mol. The molecule has 0 unspecified atom stereocenters. The zero-order valence-corrected chi connectivity index (χ0v) is 20.7. The second-order valence-electron chi connectivity index (χ2n) is 8.70. The lowest BCUT2D eigenvalue weighted by molar-refractivity contribution is -0.121. The van der Waals surface area contributed by atoms with Gasteiger partial charge in [-0.25, -0.2) is 0 Å². The van der Waals surface area contributed by atoms with Gasteiger partial charge in [-0.15, -0.1) is 0 Å². The average molecular weight is 477 g/mol. The van der Waals surface area contributed by atoms with Gasteiger partial charge in [0, 0.05) is 48.3 Å². The number of rotatable bonds is 10. The zero-order chi connectivity index (χ0) is 24.9. The summed E-state index contributed by atoms with van der Waals surface area (Å²) >= 11 is 0. The Morgan fingerprint density at radius 1 is 1.20 bits per heavy atom. The SMILES string of the molecule is CCn1c(C)c(CCC(=O)N[C@@H](C)CCc2ccco2)c(=O)n2nc(-c3ccccc3OC)cc12. The fourth-order valence-corrected chi connectivity index (χ4v) is 4.48. The number of fused-ring (bicyclic) bond motifs is 1. The first-order chi connectivity index (χ1) is 16.9. The third-order valence-corrected chi connectivity index (χ3v) is 6.37. The molecule has 0 fully saturated rings. The fourth-order valence-electron chi connectivity index (χ4n) is 4.48. The van der Waals surface area contributed by atoms with E-state index in [1.165, 1.54) is 4.52 Å². The van der Waals surface area contributed by atoms with Crippen molar-refractivity contribution in [2.75, 3.05) is 7.11 Å². The summed E-state index contributed by atoms with van der Waals surface area (Å²) in [7, 11) is 1.62. The lowest BCUT2D eigenvalue weighted by Gasteiger charge is -2.16. The summed E-state index contributed by atoms with van der Waals surface area (Å²) in [5.74, 6) is 1.53. The van der Waals surface area contributed by atoms with E-state index < -0.39 is 0 Å². The molecule has 0 spiro atoms. The quantitative estimate of drug-likeness (QED) is 0.371. The van der Waals surface area contributed by atoms with Crippen molar-refractivity contribution in [2.24, 2.45) is 0 Å². The maximum Gasteiger partial charge on any atom is 0.277 e. The fraction of sp³-hybridized carbons (Fsp3) is 0.370. The Morgan fingerprint density at radius 2 is 2.00 bits per heavy atom. The Bertz CT molecular complexity index is 1370. The van der Waals surface area contributed by atoms with Crippen LogP contribution in [0.1, 0.15) is 43.7 Å². The van der Waals surface area contributed by atoms with Crippen molar-refractivity contribution in [2.45, 2.75) is 59.0 Å². The molecule has 0 saturated carbocycles. The number of hydrogen-bond acceptors (Lipinski definition) is 5. The number of para-hydroxylation sites is 1. The molecular weight excluding hydrogens is 444 g/mol. The van der Waals surface area contributed by atoms with Crippen LogP contribution >= 0.6 is 0 Å². The number of furan rings is 1. The summed E-state index contributed by atoms with van der Waals surface area (Å²) in [6, 6.07) is 13.3. The molecule has 0 aliphatic heterocycles. The second-order valence-corrected chi connectivity index (χ2v) is 8.70. The molecule has 0 saturated heterocycles. The number of amides is 1. The van der Waals surface area contributed by atoms with E-state index in [4.69, 9.17) is 9.15 Å². The molecule has 4 rings (SSSR count). The molecule has 184 valence electrons. The van der Waals surface area contributed by atoms with E-state index in [1.54, 1.807) is 13.4 Å². The molecule has 0 aliphatic rings. The maximum absolute atomic E-state index is 13.4. The number of hydrogen-bond donors (Lipinski definition) is 1. The minimum atomic E-state index is -0.193. The van der Waals surface area contributed by atoms with Crippen LogP contribution in [0.4, 0.5) is 0 Å². The molecule has 3 heterocycles. The third kappa shape index (κ3) is 5.16. The lowest BCUT2D eigenvalue weighted by Crippen LogP contribution is -2.34. The van der Waals surface area contributed by atoms with Crippen molar-refractivity contribution in [3.8, 4) is 17.0 Å². The van der Waals surface area contributed by atoms with Gasteiger partial charge in [0.25, 0.3) is 5.56 Å². The van der Waals surface area contributed by atoms with E-state index in [0.29, 0.717) is 30.0 Å². The molecular formula is C27H32N4O4. The highest BCUT2D eigenvalue weighted by molar-refractivity contribution is 5.76. The molecule has 8 heteroatoms. The van der Waals surface area contributed by atoms with Gasteiger partial charge in [-0.1, -0.05) is 12.1 Å². The van der Waals surface area contributed by atoms with Crippen molar-refractivity contribution in [3.63, 3.8) is 0 Å². The summed E-state index contributed by atoms with van der Waals surface area (Å²) in [6.45, 7) is 6.62. The third-order valence-electron chi connectivity index (χ3n) is 6.37. The minimum absolute atomic E-state index is 0.0120. The van der Waals surface area contributed by atoms with E-state index in [-0.39, 0.29) is 23.9 Å². The monoisotopic (exact) mass is 476 g/mol. The standard InChI is InChI=1S/C27H32N4O4/c1-5-30-19(3)21(14-15-25(32)28-18(2)12-13-20-9-8-16-35-20)27(33)31-26(30)17-23(29-31)22-10-6-7-11-24(22)34-4/h6-11,16-18H,5,12-15H2,1-4H3,(H,28,32)/t18-/m0/s1. The predicted octanol–water partition coefficient (Wildman–Crippen LogP) is 4.16. The van der Waals surface area contributed by atoms with Gasteiger partial charge in [0.05, 0.1) is 19.1 Å². The molecule has 8 nitrogen and oxygen atoms in total. The van der Waals surface area contributed by atoms with Gasteiger partial charge in [-0.2, -0.15) is 9.61 Å². The van der Waals surface area contributed by atoms with Crippen molar-refractivity contribution < 1.29 is 13.9 Å². The van der Waals surface area contributed by atoms with Gasteiger partial charge in [0.1, 0.15) is 17.2 Å².